The minimum absolute atomic E-state index is 0. The van der Waals surface area contributed by atoms with Crippen molar-refractivity contribution in [3.63, 3.8) is 0 Å². The first-order valence-electron chi connectivity index (χ1n) is 10.3. The zero-order valence-electron chi connectivity index (χ0n) is 19.5. The molecular weight excluding hydrogens is 492 g/mol. The van der Waals surface area contributed by atoms with E-state index in [4.69, 9.17) is 11.6 Å². The van der Waals surface area contributed by atoms with Crippen LogP contribution in [0.1, 0.15) is 31.8 Å². The molecule has 11 nitrogen and oxygen atoms in total. The third kappa shape index (κ3) is 6.01. The van der Waals surface area contributed by atoms with Gasteiger partial charge in [0.25, 0.3) is 17.4 Å². The Morgan fingerprint density at radius 3 is 2.25 bits per heavy atom. The van der Waals surface area contributed by atoms with E-state index < -0.39 is 52.6 Å². The van der Waals surface area contributed by atoms with Crippen LogP contribution in [-0.4, -0.2) is 51.1 Å². The molecule has 3 rings (SSSR count). The highest BCUT2D eigenvalue weighted by Gasteiger charge is 2.31. The van der Waals surface area contributed by atoms with Crippen molar-refractivity contribution < 1.29 is 29.7 Å². The van der Waals surface area contributed by atoms with E-state index in [-0.39, 0.29) is 24.3 Å². The van der Waals surface area contributed by atoms with Gasteiger partial charge in [0.05, 0.1) is 19.1 Å². The summed E-state index contributed by atoms with van der Waals surface area (Å²) in [6.07, 6.45) is 0. The third-order valence-electron chi connectivity index (χ3n) is 5.14. The van der Waals surface area contributed by atoms with Gasteiger partial charge in [-0.15, -0.1) is 0 Å². The van der Waals surface area contributed by atoms with Crippen LogP contribution >= 0.6 is 11.6 Å². The quantitative estimate of drug-likeness (QED) is 0.344. The lowest BCUT2D eigenvalue weighted by Crippen LogP contribution is -2.41. The summed E-state index contributed by atoms with van der Waals surface area (Å²) in [5.41, 5.74) is -1.63. The summed E-state index contributed by atoms with van der Waals surface area (Å²) < 4.78 is 0.707. The number of hydrogen-bond donors (Lipinski definition) is 4. The molecule has 0 saturated carbocycles. The van der Waals surface area contributed by atoms with Crippen molar-refractivity contribution in [1.29, 1.82) is 0 Å². The number of halogens is 1. The molecule has 0 saturated heterocycles. The van der Waals surface area contributed by atoms with Crippen LogP contribution in [0.15, 0.2) is 59.4 Å². The fraction of sp³-hybridized carbons (Fsp3) is 0.167. The third-order valence-corrected chi connectivity index (χ3v) is 5.51. The summed E-state index contributed by atoms with van der Waals surface area (Å²) in [4.78, 5) is 50.9. The number of aromatic hydroxyl groups is 2. The smallest absolute Gasteiger partial charge is 0.270 e. The molecule has 0 atom stereocenters. The van der Waals surface area contributed by atoms with Crippen molar-refractivity contribution in [2.75, 3.05) is 13.6 Å². The molecule has 2 amide bonds. The molecule has 36 heavy (non-hydrogen) atoms. The molecule has 0 fully saturated rings. The van der Waals surface area contributed by atoms with E-state index in [2.05, 4.69) is 0 Å². The van der Waals surface area contributed by atoms with Gasteiger partial charge in [0.1, 0.15) is 11.1 Å². The minimum Gasteiger partial charge on any atom is -0.548 e. The predicted molar refractivity (Wildman–Crippen MR) is 130 cm³/mol. The number of carboxylic acids is 1. The fourth-order valence-electron chi connectivity index (χ4n) is 3.40. The van der Waals surface area contributed by atoms with Gasteiger partial charge in [-0.05, 0) is 17.2 Å². The van der Waals surface area contributed by atoms with Crippen LogP contribution in [0, 0.1) is 0 Å². The number of carbonyl (C=O) groups is 3. The molecular formula is C24H25ClN4O7. The molecule has 0 bridgehead atoms. The van der Waals surface area contributed by atoms with Crippen LogP contribution in [0.3, 0.4) is 0 Å². The lowest BCUT2D eigenvalue weighted by atomic mass is 10.1. The number of aliphatic carboxylic acids is 1. The number of pyridine rings is 1. The molecule has 1 aromatic heterocycles. The van der Waals surface area contributed by atoms with Crippen molar-refractivity contribution in [2.24, 2.45) is 0 Å². The maximum atomic E-state index is 13.2. The number of amides is 2. The maximum Gasteiger partial charge on any atom is 0.270 e. The molecule has 0 aliphatic rings. The molecule has 7 N–H and O–H groups in total. The largest absolute Gasteiger partial charge is 0.548 e. The van der Waals surface area contributed by atoms with Crippen LogP contribution in [0.25, 0.3) is 0 Å². The number of benzene rings is 2. The first-order valence-corrected chi connectivity index (χ1v) is 10.7. The average molecular weight is 517 g/mol. The second-order valence-corrected chi connectivity index (χ2v) is 8.01. The summed E-state index contributed by atoms with van der Waals surface area (Å²) in [5.74, 6) is -5.74. The van der Waals surface area contributed by atoms with E-state index in [9.17, 15) is 34.5 Å². The summed E-state index contributed by atoms with van der Waals surface area (Å²) in [6, 6.07) is 15.3. The summed E-state index contributed by atoms with van der Waals surface area (Å²) in [5, 5.41) is 34.6. The summed E-state index contributed by atoms with van der Waals surface area (Å²) >= 11 is 6.17. The molecule has 12 heteroatoms. The van der Waals surface area contributed by atoms with Crippen molar-refractivity contribution in [1.82, 2.24) is 20.9 Å². The van der Waals surface area contributed by atoms with E-state index >= 15 is 0 Å². The predicted octanol–water partition coefficient (Wildman–Crippen LogP) is 1.09. The highest BCUT2D eigenvalue weighted by atomic mass is 35.5. The number of nitrogens with one attached hydrogen (secondary N) is 1. The molecule has 2 aromatic carbocycles. The molecule has 0 aliphatic heterocycles. The van der Waals surface area contributed by atoms with Crippen LogP contribution in [0.2, 0.25) is 5.02 Å². The number of carbonyl (C=O) groups excluding carboxylic acids is 3. The van der Waals surface area contributed by atoms with Crippen molar-refractivity contribution >= 4 is 29.4 Å². The van der Waals surface area contributed by atoms with Gasteiger partial charge in [-0.1, -0.05) is 60.1 Å². The van der Waals surface area contributed by atoms with Crippen molar-refractivity contribution in [2.45, 2.75) is 13.1 Å². The van der Waals surface area contributed by atoms with Gasteiger partial charge in [0.2, 0.25) is 5.88 Å². The van der Waals surface area contributed by atoms with Crippen LogP contribution in [0.5, 0.6) is 11.6 Å². The van der Waals surface area contributed by atoms with E-state index in [1.807, 2.05) is 5.32 Å². The number of nitrogens with zero attached hydrogens (tertiary/aromatic N) is 2. The molecule has 0 radical (unpaired) electrons. The van der Waals surface area contributed by atoms with Crippen molar-refractivity contribution in [3.05, 3.63) is 92.2 Å². The zero-order chi connectivity index (χ0) is 25.7. The van der Waals surface area contributed by atoms with E-state index in [1.54, 1.807) is 54.6 Å². The Balaban J connectivity index is 0.00000456. The first kappa shape index (κ1) is 27.9. The topological polar surface area (TPSA) is 188 Å². The van der Waals surface area contributed by atoms with Crippen LogP contribution < -0.4 is 22.1 Å². The number of rotatable bonds is 8. The number of aromatic nitrogens is 1. The summed E-state index contributed by atoms with van der Waals surface area (Å²) in [7, 11) is 1.41. The normalized spacial score (nSPS) is 10.3. The molecule has 3 aromatic rings. The van der Waals surface area contributed by atoms with Gasteiger partial charge >= 0.3 is 0 Å². The lowest BCUT2D eigenvalue weighted by Gasteiger charge is -2.21. The average Bonchev–Trinajstić information content (AvgIpc) is 2.82. The number of carboxylic acid groups (broad SMARTS) is 1. The Bertz CT molecular complexity index is 1340. The Labute approximate surface area is 210 Å². The van der Waals surface area contributed by atoms with Crippen LogP contribution in [-0.2, 0) is 17.9 Å². The molecule has 0 unspecified atom stereocenters. The van der Waals surface area contributed by atoms with E-state index in [0.717, 1.165) is 5.56 Å². The van der Waals surface area contributed by atoms with Gasteiger partial charge in [0, 0.05) is 18.6 Å². The van der Waals surface area contributed by atoms with Crippen molar-refractivity contribution in [3.8, 4) is 11.6 Å². The number of hydrogen-bond acceptors (Lipinski definition) is 7. The van der Waals surface area contributed by atoms with Gasteiger partial charge in [-0.2, -0.15) is 0 Å². The van der Waals surface area contributed by atoms with Gasteiger partial charge in [-0.25, -0.2) is 0 Å². The molecule has 190 valence electrons. The Kier molecular flexibility index (Phi) is 9.19. The fourth-order valence-corrected chi connectivity index (χ4v) is 3.60. The standard InChI is InChI=1S/C24H22ClN3O7.H3N/c1-27(12-14-7-3-2-4-8-14)22(33)19-20(31)18(21(32)26-11-17(29)30)23(34)28(24(19)35)13-15-9-5-6-10-16(15)25;/h2-10,31,35H,11-13H2,1H3,(H,26,32)(H,29,30);1H3. The van der Waals surface area contributed by atoms with E-state index in [1.165, 1.54) is 11.9 Å². The first-order chi connectivity index (χ1) is 16.6. The highest BCUT2D eigenvalue weighted by Crippen LogP contribution is 2.31. The maximum absolute atomic E-state index is 13.2. The lowest BCUT2D eigenvalue weighted by molar-refractivity contribution is -0.303. The highest BCUT2D eigenvalue weighted by molar-refractivity contribution is 6.31. The second kappa shape index (κ2) is 11.9. The van der Waals surface area contributed by atoms with Gasteiger partial charge in [-0.3, -0.25) is 19.0 Å². The zero-order valence-corrected chi connectivity index (χ0v) is 20.3. The monoisotopic (exact) mass is 516 g/mol. The Hall–Kier alpha value is -4.35. The number of quaternary nitrogens is 1. The molecule has 0 spiro atoms. The second-order valence-electron chi connectivity index (χ2n) is 7.61. The molecule has 0 aliphatic carbocycles. The minimum atomic E-state index is -1.63. The van der Waals surface area contributed by atoms with Crippen LogP contribution in [0.4, 0.5) is 0 Å². The Morgan fingerprint density at radius 2 is 1.64 bits per heavy atom. The SMILES string of the molecule is CN(Cc1ccccc1)C(=O)c1c(O)c(C(=O)NCC(=O)[O-])c(=O)n(Cc2ccccc2Cl)c1O.[NH4+]. The Morgan fingerprint density at radius 1 is 1.03 bits per heavy atom. The molecule has 1 heterocycles. The van der Waals surface area contributed by atoms with E-state index in [0.29, 0.717) is 10.1 Å². The summed E-state index contributed by atoms with van der Waals surface area (Å²) in [6.45, 7) is -1.19. The van der Waals surface area contributed by atoms with Gasteiger partial charge < -0.3 is 36.5 Å². The van der Waals surface area contributed by atoms with Gasteiger partial charge in [0.15, 0.2) is 5.75 Å².